The van der Waals surface area contributed by atoms with Crippen molar-refractivity contribution in [2.24, 2.45) is 0 Å². The van der Waals surface area contributed by atoms with E-state index in [-0.39, 0.29) is 22.8 Å². The first kappa shape index (κ1) is 18.1. The van der Waals surface area contributed by atoms with Crippen LogP contribution < -0.4 is 10.0 Å². The van der Waals surface area contributed by atoms with Gasteiger partial charge in [0.05, 0.1) is 15.8 Å². The van der Waals surface area contributed by atoms with E-state index in [1.54, 1.807) is 11.4 Å². The van der Waals surface area contributed by atoms with Crippen LogP contribution >= 0.6 is 22.7 Å². The van der Waals surface area contributed by atoms with Gasteiger partial charge in [-0.05, 0) is 29.6 Å². The van der Waals surface area contributed by atoms with Gasteiger partial charge in [-0.15, -0.1) is 11.3 Å². The number of rotatable bonds is 6. The number of aromatic nitrogens is 1. The SMILES string of the molecule is O=S(=O)(NCCNc1nc2cc(C(F)(F)F)ccc2s1)c1cccs1. The van der Waals surface area contributed by atoms with Crippen molar-refractivity contribution < 1.29 is 21.6 Å². The lowest BCUT2D eigenvalue weighted by Gasteiger charge is -2.05. The lowest BCUT2D eigenvalue weighted by Crippen LogP contribution is -2.28. The van der Waals surface area contributed by atoms with E-state index in [0.717, 1.165) is 23.5 Å². The number of thiophene rings is 1. The number of thiazole rings is 1. The summed E-state index contributed by atoms with van der Waals surface area (Å²) < 4.78 is 65.2. The Kier molecular flexibility index (Phi) is 5.00. The lowest BCUT2D eigenvalue weighted by molar-refractivity contribution is -0.137. The van der Waals surface area contributed by atoms with Crippen molar-refractivity contribution in [2.45, 2.75) is 10.4 Å². The number of hydrogen-bond acceptors (Lipinski definition) is 6. The Labute approximate surface area is 149 Å². The average molecular weight is 407 g/mol. The zero-order valence-corrected chi connectivity index (χ0v) is 15.0. The van der Waals surface area contributed by atoms with E-state index in [1.165, 1.54) is 23.5 Å². The molecule has 134 valence electrons. The predicted molar refractivity (Wildman–Crippen MR) is 92.6 cm³/mol. The van der Waals surface area contributed by atoms with Crippen molar-refractivity contribution in [3.63, 3.8) is 0 Å². The van der Waals surface area contributed by atoms with Crippen LogP contribution in [0.2, 0.25) is 0 Å². The summed E-state index contributed by atoms with van der Waals surface area (Å²) in [4.78, 5) is 4.10. The minimum atomic E-state index is -4.41. The van der Waals surface area contributed by atoms with Crippen LogP contribution in [0.5, 0.6) is 0 Å². The third-order valence-electron chi connectivity index (χ3n) is 3.17. The predicted octanol–water partition coefficient (Wildman–Crippen LogP) is 3.77. The fraction of sp³-hybridized carbons (Fsp3) is 0.214. The molecule has 3 aromatic rings. The van der Waals surface area contributed by atoms with E-state index in [2.05, 4.69) is 15.0 Å². The molecule has 1 aromatic carbocycles. The maximum absolute atomic E-state index is 12.7. The molecule has 2 N–H and O–H groups in total. The third-order valence-corrected chi connectivity index (χ3v) is 7.02. The second kappa shape index (κ2) is 6.90. The molecule has 2 aromatic heterocycles. The van der Waals surface area contributed by atoms with Gasteiger partial charge in [-0.25, -0.2) is 18.1 Å². The molecule has 0 saturated carbocycles. The number of benzene rings is 1. The van der Waals surface area contributed by atoms with Crippen LogP contribution in [-0.2, 0) is 16.2 Å². The van der Waals surface area contributed by atoms with Gasteiger partial charge < -0.3 is 5.32 Å². The molecule has 5 nitrogen and oxygen atoms in total. The number of nitrogens with one attached hydrogen (secondary N) is 2. The minimum absolute atomic E-state index is 0.129. The Balaban J connectivity index is 1.60. The van der Waals surface area contributed by atoms with Crippen LogP contribution in [0.25, 0.3) is 10.2 Å². The first-order chi connectivity index (χ1) is 11.8. The highest BCUT2D eigenvalue weighted by Crippen LogP contribution is 2.33. The summed E-state index contributed by atoms with van der Waals surface area (Å²) in [6.45, 7) is 0.389. The smallest absolute Gasteiger partial charge is 0.360 e. The van der Waals surface area contributed by atoms with E-state index in [0.29, 0.717) is 9.83 Å². The van der Waals surface area contributed by atoms with Gasteiger partial charge in [-0.1, -0.05) is 17.4 Å². The van der Waals surface area contributed by atoms with Crippen molar-refractivity contribution in [3.05, 3.63) is 41.3 Å². The van der Waals surface area contributed by atoms with Crippen molar-refractivity contribution in [1.29, 1.82) is 0 Å². The van der Waals surface area contributed by atoms with Crippen LogP contribution in [0.1, 0.15) is 5.56 Å². The van der Waals surface area contributed by atoms with Gasteiger partial charge in [0.1, 0.15) is 4.21 Å². The highest BCUT2D eigenvalue weighted by Gasteiger charge is 2.30. The van der Waals surface area contributed by atoms with Gasteiger partial charge >= 0.3 is 6.18 Å². The molecule has 2 heterocycles. The number of nitrogens with zero attached hydrogens (tertiary/aromatic N) is 1. The summed E-state index contributed by atoms with van der Waals surface area (Å²) in [7, 11) is -3.53. The van der Waals surface area contributed by atoms with Crippen LogP contribution in [0, 0.1) is 0 Å². The summed E-state index contributed by atoms with van der Waals surface area (Å²) in [5, 5.41) is 5.02. The fourth-order valence-electron chi connectivity index (χ4n) is 2.02. The summed E-state index contributed by atoms with van der Waals surface area (Å²) in [6, 6.07) is 6.54. The molecule has 0 spiro atoms. The minimum Gasteiger partial charge on any atom is -0.360 e. The molecule has 0 aliphatic heterocycles. The summed E-state index contributed by atoms with van der Waals surface area (Å²) in [6.07, 6.45) is -4.41. The molecule has 25 heavy (non-hydrogen) atoms. The van der Waals surface area contributed by atoms with E-state index < -0.39 is 21.8 Å². The number of alkyl halides is 3. The molecular formula is C14H12F3N3O2S3. The summed E-state index contributed by atoms with van der Waals surface area (Å²) in [5.41, 5.74) is -0.498. The monoisotopic (exact) mass is 407 g/mol. The Morgan fingerprint density at radius 3 is 2.64 bits per heavy atom. The van der Waals surface area contributed by atoms with Crippen molar-refractivity contribution >= 4 is 48.0 Å². The van der Waals surface area contributed by atoms with Crippen molar-refractivity contribution in [2.75, 3.05) is 18.4 Å². The number of sulfonamides is 1. The standard InChI is InChI=1S/C14H12F3N3O2S3/c15-14(16,17)9-3-4-11-10(8-9)20-13(24-11)18-5-6-19-25(21,22)12-2-1-7-23-12/h1-4,7-8,19H,5-6H2,(H,18,20). The van der Waals surface area contributed by atoms with Gasteiger partial charge in [0.2, 0.25) is 10.0 Å². The Hall–Kier alpha value is -1.69. The molecule has 0 atom stereocenters. The van der Waals surface area contributed by atoms with Gasteiger partial charge in [0.25, 0.3) is 0 Å². The van der Waals surface area contributed by atoms with Gasteiger partial charge in [-0.3, -0.25) is 0 Å². The number of anilines is 1. The molecule has 0 unspecified atom stereocenters. The topological polar surface area (TPSA) is 71.1 Å². The van der Waals surface area contributed by atoms with E-state index >= 15 is 0 Å². The lowest BCUT2D eigenvalue weighted by atomic mass is 10.2. The molecule has 0 amide bonds. The van der Waals surface area contributed by atoms with Crippen molar-refractivity contribution in [3.8, 4) is 0 Å². The molecule has 3 rings (SSSR count). The second-order valence-corrected chi connectivity index (χ2v) is 8.93. The first-order valence-corrected chi connectivity index (χ1v) is 10.2. The number of fused-ring (bicyclic) bond motifs is 1. The summed E-state index contributed by atoms with van der Waals surface area (Å²) in [5.74, 6) is 0. The fourth-order valence-corrected chi connectivity index (χ4v) is 4.96. The van der Waals surface area contributed by atoms with Crippen LogP contribution in [0.3, 0.4) is 0 Å². The van der Waals surface area contributed by atoms with Crippen molar-refractivity contribution in [1.82, 2.24) is 9.71 Å². The molecule has 11 heteroatoms. The summed E-state index contributed by atoms with van der Waals surface area (Å²) >= 11 is 2.33. The maximum Gasteiger partial charge on any atom is 0.416 e. The van der Waals surface area contributed by atoms with Crippen LogP contribution in [0.4, 0.5) is 18.3 Å². The molecule has 0 aliphatic rings. The largest absolute Gasteiger partial charge is 0.416 e. The van der Waals surface area contributed by atoms with Gasteiger partial charge in [-0.2, -0.15) is 13.2 Å². The Bertz CT molecular complexity index is 966. The molecule has 0 bridgehead atoms. The number of hydrogen-bond donors (Lipinski definition) is 2. The van der Waals surface area contributed by atoms with E-state index in [4.69, 9.17) is 0 Å². The first-order valence-electron chi connectivity index (χ1n) is 7.00. The highest BCUT2D eigenvalue weighted by atomic mass is 32.2. The molecule has 0 radical (unpaired) electrons. The zero-order valence-electron chi connectivity index (χ0n) is 12.5. The quantitative estimate of drug-likeness (QED) is 0.611. The normalized spacial score (nSPS) is 12.6. The van der Waals surface area contributed by atoms with Crippen LogP contribution in [0.15, 0.2) is 39.9 Å². The second-order valence-electron chi connectivity index (χ2n) is 4.96. The zero-order chi connectivity index (χ0) is 18.1. The van der Waals surface area contributed by atoms with E-state index in [9.17, 15) is 21.6 Å². The Morgan fingerprint density at radius 2 is 1.96 bits per heavy atom. The van der Waals surface area contributed by atoms with Crippen LogP contribution in [-0.4, -0.2) is 26.5 Å². The van der Waals surface area contributed by atoms with Gasteiger partial charge in [0.15, 0.2) is 5.13 Å². The van der Waals surface area contributed by atoms with E-state index in [1.807, 2.05) is 0 Å². The Morgan fingerprint density at radius 1 is 1.16 bits per heavy atom. The van der Waals surface area contributed by atoms with Gasteiger partial charge in [0, 0.05) is 13.1 Å². The average Bonchev–Trinajstić information content (AvgIpc) is 3.19. The molecule has 0 aliphatic carbocycles. The maximum atomic E-state index is 12.7. The third kappa shape index (κ3) is 4.29. The molecule has 0 fully saturated rings. The molecular weight excluding hydrogens is 395 g/mol. The molecule has 0 saturated heterocycles. The number of halogens is 3. The highest BCUT2D eigenvalue weighted by molar-refractivity contribution is 7.91.